The maximum Gasteiger partial charge on any atom is 0.237 e. The lowest BCUT2D eigenvalue weighted by Crippen LogP contribution is -2.47. The van der Waals surface area contributed by atoms with E-state index in [1.54, 1.807) is 6.33 Å². The largest absolute Gasteiger partial charge is 0.369 e. The number of nitrogens with zero attached hydrogens (tertiary/aromatic N) is 4. The van der Waals surface area contributed by atoms with Crippen LogP contribution in [-0.4, -0.2) is 58.9 Å². The van der Waals surface area contributed by atoms with Crippen molar-refractivity contribution in [3.63, 3.8) is 0 Å². The number of aromatic nitrogens is 2. The third-order valence-electron chi connectivity index (χ3n) is 8.23. The average molecular weight is 398 g/mol. The molecule has 1 N–H and O–H groups in total. The van der Waals surface area contributed by atoms with Crippen molar-refractivity contribution >= 4 is 11.7 Å². The van der Waals surface area contributed by atoms with Gasteiger partial charge in [-0.05, 0) is 81.7 Å². The minimum absolute atomic E-state index is 0.196. The fourth-order valence-electron chi connectivity index (χ4n) is 6.75. The van der Waals surface area contributed by atoms with Gasteiger partial charge >= 0.3 is 0 Å². The van der Waals surface area contributed by atoms with E-state index in [0.29, 0.717) is 13.1 Å². The summed E-state index contributed by atoms with van der Waals surface area (Å²) >= 11 is 0. The number of amides is 1. The van der Waals surface area contributed by atoms with Crippen molar-refractivity contribution in [2.75, 3.05) is 38.5 Å². The van der Waals surface area contributed by atoms with E-state index in [1.165, 1.54) is 37.7 Å². The molecular formula is C23H35N5O. The molecule has 0 aromatic carbocycles. The monoisotopic (exact) mass is 397 g/mol. The molecule has 4 saturated carbocycles. The van der Waals surface area contributed by atoms with Gasteiger partial charge in [0.2, 0.25) is 5.91 Å². The van der Waals surface area contributed by atoms with E-state index in [2.05, 4.69) is 27.1 Å². The summed E-state index contributed by atoms with van der Waals surface area (Å²) in [5.41, 5.74) is 2.25. The van der Waals surface area contributed by atoms with Crippen LogP contribution in [0.1, 0.15) is 50.3 Å². The number of carbonyl (C=O) groups is 1. The number of hydrogen-bond donors (Lipinski definition) is 1. The van der Waals surface area contributed by atoms with E-state index in [9.17, 15) is 4.79 Å². The smallest absolute Gasteiger partial charge is 0.237 e. The van der Waals surface area contributed by atoms with Gasteiger partial charge in [0.25, 0.3) is 0 Å². The lowest BCUT2D eigenvalue weighted by atomic mass is 9.52. The molecule has 2 heterocycles. The second kappa shape index (κ2) is 7.86. The van der Waals surface area contributed by atoms with Crippen molar-refractivity contribution in [1.29, 1.82) is 0 Å². The van der Waals surface area contributed by atoms with Gasteiger partial charge in [0.05, 0.1) is 18.8 Å². The van der Waals surface area contributed by atoms with Crippen LogP contribution in [0.4, 0.5) is 5.82 Å². The predicted octanol–water partition coefficient (Wildman–Crippen LogP) is 2.80. The summed E-state index contributed by atoms with van der Waals surface area (Å²) in [6.45, 7) is 5.88. The van der Waals surface area contributed by atoms with E-state index in [0.717, 1.165) is 67.2 Å². The second-order valence-corrected chi connectivity index (χ2v) is 10.0. The molecular weight excluding hydrogens is 362 g/mol. The van der Waals surface area contributed by atoms with Crippen LogP contribution in [0.15, 0.2) is 6.33 Å². The molecule has 6 heteroatoms. The van der Waals surface area contributed by atoms with E-state index in [4.69, 9.17) is 0 Å². The molecule has 6 rings (SSSR count). The molecule has 4 aliphatic carbocycles. The second-order valence-electron chi connectivity index (χ2n) is 10.0. The van der Waals surface area contributed by atoms with Gasteiger partial charge < -0.3 is 10.2 Å². The van der Waals surface area contributed by atoms with Crippen molar-refractivity contribution < 1.29 is 4.79 Å². The van der Waals surface area contributed by atoms with Gasteiger partial charge in [-0.2, -0.15) is 0 Å². The SMILES string of the molecule is CCN(C)CC(=O)N1CCc2c(ncnc2NCC2C3CC4CC(C3)CC2C4)C1. The van der Waals surface area contributed by atoms with Crippen LogP contribution in [0.2, 0.25) is 0 Å². The number of anilines is 1. The van der Waals surface area contributed by atoms with Gasteiger partial charge in [-0.3, -0.25) is 9.69 Å². The summed E-state index contributed by atoms with van der Waals surface area (Å²) in [4.78, 5) is 25.7. The minimum atomic E-state index is 0.196. The lowest BCUT2D eigenvalue weighted by molar-refractivity contribution is -0.133. The van der Waals surface area contributed by atoms with Crippen LogP contribution in [0.3, 0.4) is 0 Å². The van der Waals surface area contributed by atoms with E-state index in [-0.39, 0.29) is 5.91 Å². The zero-order valence-electron chi connectivity index (χ0n) is 17.9. The van der Waals surface area contributed by atoms with E-state index in [1.807, 2.05) is 11.9 Å². The molecule has 158 valence electrons. The molecule has 29 heavy (non-hydrogen) atoms. The van der Waals surface area contributed by atoms with Crippen LogP contribution in [0.25, 0.3) is 0 Å². The molecule has 0 saturated heterocycles. The first-order chi connectivity index (χ1) is 14.1. The number of carbonyl (C=O) groups excluding carboxylic acids is 1. The fraction of sp³-hybridized carbons (Fsp3) is 0.783. The van der Waals surface area contributed by atoms with Gasteiger partial charge in [0.1, 0.15) is 12.1 Å². The molecule has 1 amide bonds. The quantitative estimate of drug-likeness (QED) is 0.800. The van der Waals surface area contributed by atoms with Gasteiger partial charge in [-0.15, -0.1) is 0 Å². The van der Waals surface area contributed by atoms with Crippen molar-refractivity contribution in [2.24, 2.45) is 29.6 Å². The third-order valence-corrected chi connectivity index (χ3v) is 8.23. The molecule has 0 atom stereocenters. The topological polar surface area (TPSA) is 61.4 Å². The highest BCUT2D eigenvalue weighted by Gasteiger charge is 2.47. The fourth-order valence-corrected chi connectivity index (χ4v) is 6.75. The zero-order chi connectivity index (χ0) is 20.0. The Morgan fingerprint density at radius 1 is 1.17 bits per heavy atom. The Morgan fingerprint density at radius 2 is 1.90 bits per heavy atom. The number of nitrogens with one attached hydrogen (secondary N) is 1. The van der Waals surface area contributed by atoms with Crippen molar-refractivity contribution in [1.82, 2.24) is 19.8 Å². The van der Waals surface area contributed by atoms with Crippen molar-refractivity contribution in [3.8, 4) is 0 Å². The zero-order valence-corrected chi connectivity index (χ0v) is 17.9. The summed E-state index contributed by atoms with van der Waals surface area (Å²) in [7, 11) is 1.99. The molecule has 0 spiro atoms. The Bertz CT molecular complexity index is 738. The highest BCUT2D eigenvalue weighted by molar-refractivity contribution is 5.78. The Balaban J connectivity index is 1.23. The molecule has 4 bridgehead atoms. The van der Waals surface area contributed by atoms with Crippen LogP contribution >= 0.6 is 0 Å². The van der Waals surface area contributed by atoms with Crippen LogP contribution < -0.4 is 5.32 Å². The highest BCUT2D eigenvalue weighted by atomic mass is 16.2. The number of rotatable bonds is 6. The predicted molar refractivity (Wildman–Crippen MR) is 113 cm³/mol. The van der Waals surface area contributed by atoms with E-state index >= 15 is 0 Å². The van der Waals surface area contributed by atoms with E-state index < -0.39 is 0 Å². The molecule has 0 unspecified atom stereocenters. The standard InChI is InChI=1S/C23H35N5O/c1-3-27(2)13-22(29)28-5-4-19-21(12-28)25-14-26-23(19)24-11-20-17-7-15-6-16(9-17)10-18(20)8-15/h14-18,20H,3-13H2,1-2H3,(H,24,25,26). The maximum absolute atomic E-state index is 12.6. The maximum atomic E-state index is 12.6. The first kappa shape index (κ1) is 19.3. The van der Waals surface area contributed by atoms with Crippen LogP contribution in [0.5, 0.6) is 0 Å². The number of hydrogen-bond acceptors (Lipinski definition) is 5. The molecule has 1 aliphatic heterocycles. The summed E-state index contributed by atoms with van der Waals surface area (Å²) in [5, 5.41) is 3.72. The molecule has 1 aromatic heterocycles. The molecule has 0 radical (unpaired) electrons. The van der Waals surface area contributed by atoms with Gasteiger partial charge in [0.15, 0.2) is 0 Å². The third kappa shape index (κ3) is 3.76. The molecule has 6 nitrogen and oxygen atoms in total. The summed E-state index contributed by atoms with van der Waals surface area (Å²) in [6.07, 6.45) is 9.88. The van der Waals surface area contributed by atoms with Crippen molar-refractivity contribution in [2.45, 2.75) is 52.0 Å². The number of likely N-dealkylation sites (N-methyl/N-ethyl adjacent to an activating group) is 1. The van der Waals surface area contributed by atoms with Crippen LogP contribution in [0, 0.1) is 29.6 Å². The van der Waals surface area contributed by atoms with Gasteiger partial charge in [-0.1, -0.05) is 6.92 Å². The van der Waals surface area contributed by atoms with Gasteiger partial charge in [0, 0.05) is 18.7 Å². The Labute approximate surface area is 174 Å². The first-order valence-corrected chi connectivity index (χ1v) is 11.6. The summed E-state index contributed by atoms with van der Waals surface area (Å²) < 4.78 is 0. The van der Waals surface area contributed by atoms with Crippen molar-refractivity contribution in [3.05, 3.63) is 17.6 Å². The van der Waals surface area contributed by atoms with Gasteiger partial charge in [-0.25, -0.2) is 9.97 Å². The highest BCUT2D eigenvalue weighted by Crippen LogP contribution is 2.56. The molecule has 1 aromatic rings. The first-order valence-electron chi connectivity index (χ1n) is 11.6. The molecule has 4 fully saturated rings. The normalized spacial score (nSPS) is 32.5. The summed E-state index contributed by atoms with van der Waals surface area (Å²) in [5.74, 6) is 5.94. The average Bonchev–Trinajstić information content (AvgIpc) is 2.72. The minimum Gasteiger partial charge on any atom is -0.369 e. The Morgan fingerprint density at radius 3 is 2.59 bits per heavy atom. The Hall–Kier alpha value is -1.69. The lowest BCUT2D eigenvalue weighted by Gasteiger charge is -2.54. The Kier molecular flexibility index (Phi) is 5.23. The summed E-state index contributed by atoms with van der Waals surface area (Å²) in [6, 6.07) is 0. The van der Waals surface area contributed by atoms with Crippen LogP contribution in [-0.2, 0) is 17.8 Å². The molecule has 5 aliphatic rings. The number of fused-ring (bicyclic) bond motifs is 1.